The molecule has 0 saturated carbocycles. The van der Waals surface area contributed by atoms with Crippen molar-refractivity contribution in [2.75, 3.05) is 0 Å². The van der Waals surface area contributed by atoms with Gasteiger partial charge in [0.25, 0.3) is 0 Å². The second kappa shape index (κ2) is 3.56. The Kier molecular flexibility index (Phi) is 2.18. The van der Waals surface area contributed by atoms with Crippen LogP contribution in [0.15, 0.2) is 46.9 Å². The van der Waals surface area contributed by atoms with Crippen molar-refractivity contribution in [2.45, 2.75) is 6.42 Å². The second-order valence-electron chi connectivity index (χ2n) is 3.96. The second-order valence-corrected chi connectivity index (χ2v) is 4.88. The molecular weight excluding hydrogens is 264 g/mol. The minimum atomic E-state index is 0.137. The van der Waals surface area contributed by atoms with E-state index in [1.165, 1.54) is 0 Å². The first kappa shape index (κ1) is 9.79. The Labute approximate surface area is 102 Å². The lowest BCUT2D eigenvalue weighted by atomic mass is 9.85. The summed E-state index contributed by atoms with van der Waals surface area (Å²) in [6, 6.07) is 13.7. The number of ketones is 1. The maximum atomic E-state index is 12.2. The lowest BCUT2D eigenvalue weighted by Crippen LogP contribution is -2.14. The van der Waals surface area contributed by atoms with Gasteiger partial charge in [0.1, 0.15) is 0 Å². The van der Waals surface area contributed by atoms with E-state index < -0.39 is 0 Å². The van der Waals surface area contributed by atoms with E-state index in [0.29, 0.717) is 0 Å². The molecule has 0 radical (unpaired) electrons. The Balaban J connectivity index is 2.23. The molecule has 0 unspecified atom stereocenters. The summed E-state index contributed by atoms with van der Waals surface area (Å²) < 4.78 is 0.957. The predicted molar refractivity (Wildman–Crippen MR) is 66.8 cm³/mol. The van der Waals surface area contributed by atoms with Crippen LogP contribution in [-0.4, -0.2) is 5.78 Å². The van der Waals surface area contributed by atoms with Crippen molar-refractivity contribution in [3.8, 4) is 0 Å². The normalized spacial score (nSPS) is 13.2. The molecule has 16 heavy (non-hydrogen) atoms. The van der Waals surface area contributed by atoms with Crippen molar-refractivity contribution in [2.24, 2.45) is 0 Å². The van der Waals surface area contributed by atoms with Gasteiger partial charge in [0, 0.05) is 15.6 Å². The van der Waals surface area contributed by atoms with Gasteiger partial charge in [0.05, 0.1) is 0 Å². The highest BCUT2D eigenvalue weighted by molar-refractivity contribution is 9.10. The monoisotopic (exact) mass is 272 g/mol. The van der Waals surface area contributed by atoms with Crippen molar-refractivity contribution in [1.29, 1.82) is 0 Å². The fraction of sp³-hybridized carbons (Fsp3) is 0.0714. The Hall–Kier alpha value is -1.41. The Morgan fingerprint density at radius 3 is 2.56 bits per heavy atom. The highest BCUT2D eigenvalue weighted by atomic mass is 79.9. The van der Waals surface area contributed by atoms with Gasteiger partial charge in [-0.3, -0.25) is 4.79 Å². The first-order valence-corrected chi connectivity index (χ1v) is 5.96. The summed E-state index contributed by atoms with van der Waals surface area (Å²) in [6.45, 7) is 0. The van der Waals surface area contributed by atoms with Gasteiger partial charge in [-0.2, -0.15) is 0 Å². The summed E-state index contributed by atoms with van der Waals surface area (Å²) in [5.74, 6) is 0.137. The molecule has 0 N–H and O–H groups in total. The number of rotatable bonds is 0. The Morgan fingerprint density at radius 2 is 1.69 bits per heavy atom. The summed E-state index contributed by atoms with van der Waals surface area (Å²) in [4.78, 5) is 12.2. The predicted octanol–water partition coefficient (Wildman–Crippen LogP) is 3.58. The van der Waals surface area contributed by atoms with Gasteiger partial charge in [-0.05, 0) is 29.7 Å². The van der Waals surface area contributed by atoms with E-state index in [2.05, 4.69) is 15.9 Å². The van der Waals surface area contributed by atoms with Crippen LogP contribution in [0.3, 0.4) is 0 Å². The molecule has 0 atom stereocenters. The average molecular weight is 273 g/mol. The SMILES string of the molecule is O=C1c2ccccc2Cc2ccc(Br)cc21. The molecular formula is C14H9BrO. The minimum absolute atomic E-state index is 0.137. The maximum absolute atomic E-state index is 12.2. The van der Waals surface area contributed by atoms with Crippen molar-refractivity contribution in [1.82, 2.24) is 0 Å². The van der Waals surface area contributed by atoms with Crippen LogP contribution >= 0.6 is 15.9 Å². The van der Waals surface area contributed by atoms with E-state index in [4.69, 9.17) is 0 Å². The zero-order valence-corrected chi connectivity index (χ0v) is 10.1. The van der Waals surface area contributed by atoms with Crippen LogP contribution in [0.2, 0.25) is 0 Å². The topological polar surface area (TPSA) is 17.1 Å². The van der Waals surface area contributed by atoms with Crippen LogP contribution in [0, 0.1) is 0 Å². The van der Waals surface area contributed by atoms with E-state index in [0.717, 1.165) is 33.1 Å². The van der Waals surface area contributed by atoms with Crippen LogP contribution < -0.4 is 0 Å². The minimum Gasteiger partial charge on any atom is -0.289 e. The molecule has 1 aliphatic carbocycles. The number of benzene rings is 2. The number of hydrogen-bond donors (Lipinski definition) is 0. The summed E-state index contributed by atoms with van der Waals surface area (Å²) >= 11 is 3.41. The third-order valence-electron chi connectivity index (χ3n) is 2.96. The third kappa shape index (κ3) is 1.41. The van der Waals surface area contributed by atoms with Crippen LogP contribution in [0.4, 0.5) is 0 Å². The van der Waals surface area contributed by atoms with Crippen molar-refractivity contribution < 1.29 is 4.79 Å². The van der Waals surface area contributed by atoms with E-state index >= 15 is 0 Å². The van der Waals surface area contributed by atoms with Crippen molar-refractivity contribution in [3.05, 3.63) is 69.2 Å². The van der Waals surface area contributed by atoms with Gasteiger partial charge in [0.15, 0.2) is 5.78 Å². The smallest absolute Gasteiger partial charge is 0.193 e. The fourth-order valence-corrected chi connectivity index (χ4v) is 2.52. The van der Waals surface area contributed by atoms with Crippen molar-refractivity contribution in [3.63, 3.8) is 0 Å². The van der Waals surface area contributed by atoms with E-state index in [1.54, 1.807) is 0 Å². The molecule has 78 valence electrons. The molecule has 0 bridgehead atoms. The van der Waals surface area contributed by atoms with Crippen molar-refractivity contribution >= 4 is 21.7 Å². The van der Waals surface area contributed by atoms with E-state index in [-0.39, 0.29) is 5.78 Å². The number of carbonyl (C=O) groups is 1. The van der Waals surface area contributed by atoms with Crippen LogP contribution in [0.5, 0.6) is 0 Å². The molecule has 0 amide bonds. The molecule has 1 aliphatic rings. The van der Waals surface area contributed by atoms with Gasteiger partial charge in [-0.1, -0.05) is 46.3 Å². The lowest BCUT2D eigenvalue weighted by Gasteiger charge is -2.18. The van der Waals surface area contributed by atoms with Crippen LogP contribution in [0.1, 0.15) is 27.0 Å². The Bertz CT molecular complexity index is 587. The van der Waals surface area contributed by atoms with Gasteiger partial charge in [-0.25, -0.2) is 0 Å². The van der Waals surface area contributed by atoms with Crippen LogP contribution in [-0.2, 0) is 6.42 Å². The van der Waals surface area contributed by atoms with E-state index in [9.17, 15) is 4.79 Å². The zero-order chi connectivity index (χ0) is 11.1. The lowest BCUT2D eigenvalue weighted by molar-refractivity contribution is 0.103. The largest absolute Gasteiger partial charge is 0.289 e. The third-order valence-corrected chi connectivity index (χ3v) is 3.45. The zero-order valence-electron chi connectivity index (χ0n) is 8.53. The molecule has 0 aliphatic heterocycles. The molecule has 2 heteroatoms. The van der Waals surface area contributed by atoms with Gasteiger partial charge in [0.2, 0.25) is 0 Å². The molecule has 2 aromatic carbocycles. The van der Waals surface area contributed by atoms with Gasteiger partial charge < -0.3 is 0 Å². The molecule has 3 rings (SSSR count). The number of hydrogen-bond acceptors (Lipinski definition) is 1. The van der Waals surface area contributed by atoms with E-state index in [1.807, 2.05) is 42.5 Å². The fourth-order valence-electron chi connectivity index (χ4n) is 2.16. The maximum Gasteiger partial charge on any atom is 0.193 e. The highest BCUT2D eigenvalue weighted by Gasteiger charge is 2.22. The summed E-state index contributed by atoms with van der Waals surface area (Å²) in [5, 5.41) is 0. The number of carbonyl (C=O) groups excluding carboxylic acids is 1. The molecule has 1 nitrogen and oxygen atoms in total. The average Bonchev–Trinajstić information content (AvgIpc) is 2.31. The standard InChI is InChI=1S/C14H9BrO/c15-11-6-5-10-7-9-3-1-2-4-12(9)14(16)13(10)8-11/h1-6,8H,7H2. The number of halogens is 1. The summed E-state index contributed by atoms with van der Waals surface area (Å²) in [5.41, 5.74) is 3.91. The summed E-state index contributed by atoms with van der Waals surface area (Å²) in [7, 11) is 0. The van der Waals surface area contributed by atoms with Crippen LogP contribution in [0.25, 0.3) is 0 Å². The molecule has 0 aromatic heterocycles. The van der Waals surface area contributed by atoms with Gasteiger partial charge >= 0.3 is 0 Å². The van der Waals surface area contributed by atoms with Gasteiger partial charge in [-0.15, -0.1) is 0 Å². The molecule has 0 heterocycles. The molecule has 0 saturated heterocycles. The quantitative estimate of drug-likeness (QED) is 0.611. The highest BCUT2D eigenvalue weighted by Crippen LogP contribution is 2.28. The Morgan fingerprint density at radius 1 is 0.938 bits per heavy atom. The molecule has 0 fully saturated rings. The molecule has 2 aromatic rings. The first-order chi connectivity index (χ1) is 7.75. The molecule has 0 spiro atoms. The first-order valence-electron chi connectivity index (χ1n) is 5.17. The number of fused-ring (bicyclic) bond motifs is 2. The summed E-state index contributed by atoms with van der Waals surface area (Å²) in [6.07, 6.45) is 0.852.